The maximum absolute atomic E-state index is 12.2. The molecule has 0 aliphatic rings. The van der Waals surface area contributed by atoms with Crippen LogP contribution in [-0.4, -0.2) is 22.9 Å². The normalized spacial score (nSPS) is 10.0. The van der Waals surface area contributed by atoms with Crippen molar-refractivity contribution in [3.05, 3.63) is 56.8 Å². The summed E-state index contributed by atoms with van der Waals surface area (Å²) >= 11 is 3.22. The van der Waals surface area contributed by atoms with Gasteiger partial charge in [0.05, 0.1) is 29.4 Å². The van der Waals surface area contributed by atoms with E-state index in [4.69, 9.17) is 4.74 Å². The first-order valence-electron chi connectivity index (χ1n) is 5.77. The molecule has 0 spiro atoms. The number of nitrogens with one attached hydrogen (secondary N) is 1. The second-order valence-corrected chi connectivity index (χ2v) is 4.69. The molecule has 0 saturated heterocycles. The lowest BCUT2D eigenvalue weighted by Crippen LogP contribution is -2.14. The number of hydrogen-bond donors (Lipinski definition) is 1. The number of non-ortho nitro benzene ring substituents is 1. The average Bonchev–Trinajstić information content (AvgIpc) is 2.48. The lowest BCUT2D eigenvalue weighted by Gasteiger charge is -2.09. The number of rotatable bonds is 4. The van der Waals surface area contributed by atoms with Crippen molar-refractivity contribution >= 4 is 33.2 Å². The van der Waals surface area contributed by atoms with Crippen molar-refractivity contribution in [3.63, 3.8) is 0 Å². The van der Waals surface area contributed by atoms with E-state index in [2.05, 4.69) is 26.2 Å². The van der Waals surface area contributed by atoms with Gasteiger partial charge in [0.1, 0.15) is 10.4 Å². The highest BCUT2D eigenvalue weighted by Crippen LogP contribution is 2.26. The fourth-order valence-electron chi connectivity index (χ4n) is 1.65. The highest BCUT2D eigenvalue weighted by atomic mass is 79.9. The van der Waals surface area contributed by atoms with Crippen molar-refractivity contribution < 1.29 is 14.5 Å². The molecular weight excluding hydrogens is 342 g/mol. The van der Waals surface area contributed by atoms with Gasteiger partial charge in [-0.3, -0.25) is 14.9 Å². The van der Waals surface area contributed by atoms with E-state index >= 15 is 0 Å². The minimum Gasteiger partial charge on any atom is -0.496 e. The molecule has 7 nitrogen and oxygen atoms in total. The molecule has 1 aromatic heterocycles. The summed E-state index contributed by atoms with van der Waals surface area (Å²) in [5.41, 5.74) is 0.535. The summed E-state index contributed by atoms with van der Waals surface area (Å²) in [6.07, 6.45) is 1.58. The fraction of sp³-hybridized carbons (Fsp3) is 0.0769. The van der Waals surface area contributed by atoms with Crippen LogP contribution in [-0.2, 0) is 0 Å². The lowest BCUT2D eigenvalue weighted by molar-refractivity contribution is -0.384. The van der Waals surface area contributed by atoms with Gasteiger partial charge in [0.2, 0.25) is 0 Å². The number of nitro groups is 1. The maximum Gasteiger partial charge on any atom is 0.273 e. The fourth-order valence-corrected chi connectivity index (χ4v) is 2.00. The minimum absolute atomic E-state index is 0.127. The van der Waals surface area contributed by atoms with E-state index in [1.165, 1.54) is 25.3 Å². The van der Waals surface area contributed by atoms with Crippen LogP contribution >= 0.6 is 15.9 Å². The Kier molecular flexibility index (Phi) is 4.49. The third kappa shape index (κ3) is 3.34. The van der Waals surface area contributed by atoms with Gasteiger partial charge in [-0.1, -0.05) is 0 Å². The Morgan fingerprint density at radius 3 is 2.81 bits per heavy atom. The number of hydrogen-bond acceptors (Lipinski definition) is 5. The number of ether oxygens (including phenoxy) is 1. The molecule has 21 heavy (non-hydrogen) atoms. The van der Waals surface area contributed by atoms with E-state index in [-0.39, 0.29) is 17.0 Å². The van der Waals surface area contributed by atoms with Crippen molar-refractivity contribution in [1.82, 2.24) is 4.98 Å². The van der Waals surface area contributed by atoms with Gasteiger partial charge in [-0.2, -0.15) is 0 Å². The highest BCUT2D eigenvalue weighted by molar-refractivity contribution is 9.10. The number of aromatic nitrogens is 1. The van der Waals surface area contributed by atoms with E-state index < -0.39 is 10.8 Å². The van der Waals surface area contributed by atoms with Crippen LogP contribution in [0, 0.1) is 10.1 Å². The first-order chi connectivity index (χ1) is 10.0. The molecule has 1 N–H and O–H groups in total. The molecule has 0 aliphatic carbocycles. The minimum atomic E-state index is -0.554. The SMILES string of the molecule is COc1cc([N+](=O)[O-])ccc1C(=O)Nc1cccnc1Br. The Balaban J connectivity index is 2.31. The van der Waals surface area contributed by atoms with E-state index in [1.807, 2.05) is 0 Å². The van der Waals surface area contributed by atoms with Gasteiger partial charge in [-0.15, -0.1) is 0 Å². The molecule has 8 heteroatoms. The summed E-state index contributed by atoms with van der Waals surface area (Å²) in [6, 6.07) is 7.14. The van der Waals surface area contributed by atoms with Crippen LogP contribution in [0.25, 0.3) is 0 Å². The third-order valence-electron chi connectivity index (χ3n) is 2.65. The summed E-state index contributed by atoms with van der Waals surface area (Å²) in [5.74, 6) is -0.322. The maximum atomic E-state index is 12.2. The quantitative estimate of drug-likeness (QED) is 0.519. The number of nitrogens with zero attached hydrogens (tertiary/aromatic N) is 2. The molecular formula is C13H10BrN3O4. The van der Waals surface area contributed by atoms with Gasteiger partial charge in [-0.25, -0.2) is 4.98 Å². The van der Waals surface area contributed by atoms with Crippen LogP contribution in [0.4, 0.5) is 11.4 Å². The van der Waals surface area contributed by atoms with E-state index in [1.54, 1.807) is 18.3 Å². The monoisotopic (exact) mass is 351 g/mol. The van der Waals surface area contributed by atoms with Crippen LogP contribution in [0.15, 0.2) is 41.1 Å². The van der Waals surface area contributed by atoms with Crippen LogP contribution in [0.5, 0.6) is 5.75 Å². The Hall–Kier alpha value is -2.48. The van der Waals surface area contributed by atoms with Gasteiger partial charge >= 0.3 is 0 Å². The lowest BCUT2D eigenvalue weighted by atomic mass is 10.1. The predicted octanol–water partition coefficient (Wildman–Crippen LogP) is 3.01. The first kappa shape index (κ1) is 14.9. The second kappa shape index (κ2) is 6.31. The van der Waals surface area contributed by atoms with E-state index in [9.17, 15) is 14.9 Å². The Morgan fingerprint density at radius 2 is 2.19 bits per heavy atom. The zero-order valence-corrected chi connectivity index (χ0v) is 12.5. The number of carbonyl (C=O) groups excluding carboxylic acids is 1. The van der Waals surface area contributed by atoms with Crippen molar-refractivity contribution in [2.24, 2.45) is 0 Å². The average molecular weight is 352 g/mol. The standard InChI is InChI=1S/C13H10BrN3O4/c1-21-11-7-8(17(19)20)4-5-9(11)13(18)16-10-3-2-6-15-12(10)14/h2-7H,1H3,(H,16,18). The topological polar surface area (TPSA) is 94.4 Å². The molecule has 0 atom stereocenters. The molecule has 1 heterocycles. The molecule has 108 valence electrons. The number of nitro benzene ring substituents is 1. The van der Waals surface area contributed by atoms with Gasteiger partial charge in [0.25, 0.3) is 11.6 Å². The summed E-state index contributed by atoms with van der Waals surface area (Å²) in [6.45, 7) is 0. The number of amides is 1. The summed E-state index contributed by atoms with van der Waals surface area (Å²) in [4.78, 5) is 26.4. The van der Waals surface area contributed by atoms with Gasteiger partial charge < -0.3 is 10.1 Å². The molecule has 0 fully saturated rings. The van der Waals surface area contributed by atoms with Crippen LogP contribution < -0.4 is 10.1 Å². The Bertz CT molecular complexity index is 706. The molecule has 0 unspecified atom stereocenters. The first-order valence-corrected chi connectivity index (χ1v) is 6.56. The molecule has 0 radical (unpaired) electrons. The van der Waals surface area contributed by atoms with Crippen molar-refractivity contribution in [1.29, 1.82) is 0 Å². The van der Waals surface area contributed by atoms with Crippen LogP contribution in [0.2, 0.25) is 0 Å². The molecule has 1 amide bonds. The number of pyridine rings is 1. The summed E-state index contributed by atoms with van der Waals surface area (Å²) in [7, 11) is 1.34. The number of anilines is 1. The molecule has 2 aromatic rings. The molecule has 0 bridgehead atoms. The largest absolute Gasteiger partial charge is 0.496 e. The van der Waals surface area contributed by atoms with Crippen molar-refractivity contribution in [2.75, 3.05) is 12.4 Å². The zero-order chi connectivity index (χ0) is 15.4. The molecule has 0 saturated carbocycles. The molecule has 2 rings (SSSR count). The number of carbonyl (C=O) groups is 1. The predicted molar refractivity (Wildman–Crippen MR) is 79.5 cm³/mol. The van der Waals surface area contributed by atoms with Crippen molar-refractivity contribution in [3.8, 4) is 5.75 Å². The summed E-state index contributed by atoms with van der Waals surface area (Å²) < 4.78 is 5.52. The third-order valence-corrected chi connectivity index (χ3v) is 3.28. The van der Waals surface area contributed by atoms with E-state index in [0.29, 0.717) is 10.3 Å². The van der Waals surface area contributed by atoms with Crippen LogP contribution in [0.1, 0.15) is 10.4 Å². The van der Waals surface area contributed by atoms with E-state index in [0.717, 1.165) is 0 Å². The van der Waals surface area contributed by atoms with Gasteiger partial charge in [0.15, 0.2) is 0 Å². The number of halogens is 1. The Morgan fingerprint density at radius 1 is 1.43 bits per heavy atom. The van der Waals surface area contributed by atoms with Crippen molar-refractivity contribution in [2.45, 2.75) is 0 Å². The van der Waals surface area contributed by atoms with Gasteiger partial charge in [-0.05, 0) is 34.1 Å². The summed E-state index contributed by atoms with van der Waals surface area (Å²) in [5, 5.41) is 13.4. The highest BCUT2D eigenvalue weighted by Gasteiger charge is 2.17. The van der Waals surface area contributed by atoms with Gasteiger partial charge in [0, 0.05) is 12.3 Å². The number of benzene rings is 1. The molecule has 0 aliphatic heterocycles. The number of methoxy groups -OCH3 is 1. The smallest absolute Gasteiger partial charge is 0.273 e. The van der Waals surface area contributed by atoms with Crippen LogP contribution in [0.3, 0.4) is 0 Å². The zero-order valence-electron chi connectivity index (χ0n) is 10.9. The second-order valence-electron chi connectivity index (χ2n) is 3.94. The Labute approximate surface area is 128 Å². The molecule has 1 aromatic carbocycles.